The molecule has 0 spiro atoms. The monoisotopic (exact) mass is 351 g/mol. The Morgan fingerprint density at radius 3 is 2.65 bits per heavy atom. The fourth-order valence-electron chi connectivity index (χ4n) is 2.43. The molecular weight excluding hydrogens is 338 g/mol. The third kappa shape index (κ3) is 2.80. The summed E-state index contributed by atoms with van der Waals surface area (Å²) in [5.74, 6) is 0.283. The van der Waals surface area contributed by atoms with Crippen molar-refractivity contribution in [1.29, 1.82) is 0 Å². The molecule has 23 heavy (non-hydrogen) atoms. The number of hydrogen-bond acceptors (Lipinski definition) is 4. The summed E-state index contributed by atoms with van der Waals surface area (Å²) in [5, 5.41) is 0.156. The highest BCUT2D eigenvalue weighted by atomic mass is 35.5. The van der Waals surface area contributed by atoms with E-state index < -0.39 is 10.0 Å². The zero-order valence-electron chi connectivity index (χ0n) is 12.3. The van der Waals surface area contributed by atoms with Gasteiger partial charge in [-0.2, -0.15) is 0 Å². The Kier molecular flexibility index (Phi) is 4.04. The first-order valence-electron chi connectivity index (χ1n) is 6.96. The number of nitrogens with zero attached hydrogens (tertiary/aromatic N) is 1. The van der Waals surface area contributed by atoms with Crippen molar-refractivity contribution in [2.45, 2.75) is 11.8 Å². The van der Waals surface area contributed by atoms with Gasteiger partial charge in [0.2, 0.25) is 0 Å². The maximum atomic E-state index is 13.0. The van der Waals surface area contributed by atoms with Gasteiger partial charge in [0.25, 0.3) is 10.0 Å². The van der Waals surface area contributed by atoms with E-state index in [1.165, 1.54) is 29.4 Å². The molecule has 1 aliphatic rings. The Balaban J connectivity index is 2.14. The van der Waals surface area contributed by atoms with Crippen LogP contribution in [0.5, 0.6) is 5.75 Å². The van der Waals surface area contributed by atoms with Crippen molar-refractivity contribution in [3.05, 3.63) is 53.1 Å². The van der Waals surface area contributed by atoms with Gasteiger partial charge in [0.1, 0.15) is 17.3 Å². The lowest BCUT2D eigenvalue weighted by Gasteiger charge is -2.31. The summed E-state index contributed by atoms with van der Waals surface area (Å²) in [7, 11) is -3.84. The van der Waals surface area contributed by atoms with Gasteiger partial charge in [-0.3, -0.25) is 9.10 Å². The maximum Gasteiger partial charge on any atom is 0.266 e. The molecule has 0 radical (unpaired) electrons. The predicted octanol–water partition coefficient (Wildman–Crippen LogP) is 3.13. The van der Waals surface area contributed by atoms with Gasteiger partial charge in [-0.05, 0) is 37.3 Å². The SMILES string of the molecule is CC(=O)c1ccc2c(c1)N(S(=O)(=O)c1ccccc1Cl)CCO2. The number of halogens is 1. The zero-order valence-corrected chi connectivity index (χ0v) is 13.9. The second-order valence-electron chi connectivity index (χ2n) is 5.09. The minimum Gasteiger partial charge on any atom is -0.489 e. The van der Waals surface area contributed by atoms with E-state index in [0.29, 0.717) is 17.0 Å². The summed E-state index contributed by atoms with van der Waals surface area (Å²) in [5.41, 5.74) is 0.775. The van der Waals surface area contributed by atoms with E-state index in [1.54, 1.807) is 24.3 Å². The van der Waals surface area contributed by atoms with Crippen LogP contribution < -0.4 is 9.04 Å². The molecule has 1 heterocycles. The Morgan fingerprint density at radius 2 is 1.96 bits per heavy atom. The highest BCUT2D eigenvalue weighted by molar-refractivity contribution is 7.93. The molecular formula is C16H14ClNO4S. The lowest BCUT2D eigenvalue weighted by Crippen LogP contribution is -2.38. The molecule has 0 amide bonds. The van der Waals surface area contributed by atoms with Gasteiger partial charge < -0.3 is 4.74 Å². The average Bonchev–Trinajstić information content (AvgIpc) is 2.53. The number of ether oxygens (including phenoxy) is 1. The van der Waals surface area contributed by atoms with Crippen LogP contribution in [0.15, 0.2) is 47.4 Å². The molecule has 0 aliphatic carbocycles. The summed E-state index contributed by atoms with van der Waals surface area (Å²) < 4.78 is 32.6. The topological polar surface area (TPSA) is 63.7 Å². The van der Waals surface area contributed by atoms with Crippen molar-refractivity contribution in [3.63, 3.8) is 0 Å². The summed E-state index contributed by atoms with van der Waals surface area (Å²) in [6, 6.07) is 11.0. The number of rotatable bonds is 3. The number of benzene rings is 2. The van der Waals surface area contributed by atoms with Gasteiger partial charge in [-0.25, -0.2) is 8.42 Å². The van der Waals surface area contributed by atoms with E-state index in [2.05, 4.69) is 0 Å². The highest BCUT2D eigenvalue weighted by Gasteiger charge is 2.31. The molecule has 0 saturated carbocycles. The van der Waals surface area contributed by atoms with Crippen molar-refractivity contribution in [1.82, 2.24) is 0 Å². The third-order valence-corrected chi connectivity index (χ3v) is 5.90. The Morgan fingerprint density at radius 1 is 1.22 bits per heavy atom. The number of ketones is 1. The molecule has 0 saturated heterocycles. The first-order chi connectivity index (χ1) is 10.9. The number of carbonyl (C=O) groups is 1. The number of anilines is 1. The van der Waals surface area contributed by atoms with Crippen LogP contribution in [0.1, 0.15) is 17.3 Å². The van der Waals surface area contributed by atoms with Gasteiger partial charge in [-0.15, -0.1) is 0 Å². The van der Waals surface area contributed by atoms with Crippen molar-refractivity contribution in [2.75, 3.05) is 17.5 Å². The molecule has 7 heteroatoms. The van der Waals surface area contributed by atoms with Crippen molar-refractivity contribution < 1.29 is 17.9 Å². The smallest absolute Gasteiger partial charge is 0.266 e. The quantitative estimate of drug-likeness (QED) is 0.797. The van der Waals surface area contributed by atoms with Crippen LogP contribution in [0.2, 0.25) is 5.02 Å². The average molecular weight is 352 g/mol. The van der Waals surface area contributed by atoms with Gasteiger partial charge in [0.05, 0.1) is 17.3 Å². The van der Waals surface area contributed by atoms with E-state index in [9.17, 15) is 13.2 Å². The predicted molar refractivity (Wildman–Crippen MR) is 87.9 cm³/mol. The molecule has 5 nitrogen and oxygen atoms in total. The van der Waals surface area contributed by atoms with E-state index in [0.717, 1.165) is 0 Å². The fourth-order valence-corrected chi connectivity index (χ4v) is 4.38. The standard InChI is InChI=1S/C16H14ClNO4S/c1-11(19)12-6-7-15-14(10-12)18(8-9-22-15)23(20,21)16-5-3-2-4-13(16)17/h2-7,10H,8-9H2,1H3. The van der Waals surface area contributed by atoms with E-state index in [4.69, 9.17) is 16.3 Å². The van der Waals surface area contributed by atoms with Crippen LogP contribution in [0.3, 0.4) is 0 Å². The van der Waals surface area contributed by atoms with Crippen LogP contribution in [-0.4, -0.2) is 27.4 Å². The van der Waals surface area contributed by atoms with E-state index in [-0.39, 0.29) is 28.9 Å². The van der Waals surface area contributed by atoms with Crippen molar-refractivity contribution in [3.8, 4) is 5.75 Å². The molecule has 0 aromatic heterocycles. The van der Waals surface area contributed by atoms with Crippen LogP contribution in [0.25, 0.3) is 0 Å². The van der Waals surface area contributed by atoms with Gasteiger partial charge in [0, 0.05) is 5.56 Å². The Bertz CT molecular complexity index is 879. The molecule has 0 unspecified atom stereocenters. The summed E-state index contributed by atoms with van der Waals surface area (Å²) in [6.45, 7) is 1.82. The lowest BCUT2D eigenvalue weighted by molar-refractivity contribution is 0.101. The second-order valence-corrected chi connectivity index (χ2v) is 7.33. The molecule has 1 aliphatic heterocycles. The normalized spacial score (nSPS) is 14.1. The number of Topliss-reactive ketones (excluding diaryl/α,β-unsaturated/α-hetero) is 1. The summed E-state index contributed by atoms with van der Waals surface area (Å²) in [4.78, 5) is 11.6. The molecule has 3 rings (SSSR count). The van der Waals surface area contributed by atoms with Gasteiger partial charge in [0.15, 0.2) is 5.78 Å². The maximum absolute atomic E-state index is 13.0. The number of hydrogen-bond donors (Lipinski definition) is 0. The van der Waals surface area contributed by atoms with Gasteiger partial charge in [-0.1, -0.05) is 23.7 Å². The van der Waals surface area contributed by atoms with Crippen LogP contribution >= 0.6 is 11.6 Å². The Hall–Kier alpha value is -2.05. The van der Waals surface area contributed by atoms with Gasteiger partial charge >= 0.3 is 0 Å². The number of sulfonamides is 1. The molecule has 2 aromatic carbocycles. The first kappa shape index (κ1) is 15.8. The zero-order chi connectivity index (χ0) is 16.6. The number of fused-ring (bicyclic) bond motifs is 1. The van der Waals surface area contributed by atoms with Crippen molar-refractivity contribution >= 4 is 33.1 Å². The third-order valence-electron chi connectivity index (χ3n) is 3.59. The van der Waals surface area contributed by atoms with E-state index >= 15 is 0 Å². The first-order valence-corrected chi connectivity index (χ1v) is 8.78. The molecule has 2 aromatic rings. The lowest BCUT2D eigenvalue weighted by atomic mass is 10.1. The van der Waals surface area contributed by atoms with Crippen LogP contribution in [0, 0.1) is 0 Å². The molecule has 0 N–H and O–H groups in total. The Labute approximate surface area is 139 Å². The molecule has 0 bridgehead atoms. The minimum atomic E-state index is -3.84. The fraction of sp³-hybridized carbons (Fsp3) is 0.188. The number of carbonyl (C=O) groups excluding carboxylic acids is 1. The molecule has 120 valence electrons. The molecule has 0 atom stereocenters. The second kappa shape index (κ2) is 5.86. The highest BCUT2D eigenvalue weighted by Crippen LogP contribution is 2.37. The largest absolute Gasteiger partial charge is 0.489 e. The van der Waals surface area contributed by atoms with Crippen LogP contribution in [0.4, 0.5) is 5.69 Å². The van der Waals surface area contributed by atoms with Crippen LogP contribution in [-0.2, 0) is 10.0 Å². The minimum absolute atomic E-state index is 0.0303. The van der Waals surface area contributed by atoms with E-state index in [1.807, 2.05) is 0 Å². The summed E-state index contributed by atoms with van der Waals surface area (Å²) >= 11 is 6.05. The molecule has 0 fully saturated rings. The van der Waals surface area contributed by atoms with Crippen molar-refractivity contribution in [2.24, 2.45) is 0 Å². The summed E-state index contributed by atoms with van der Waals surface area (Å²) in [6.07, 6.45) is 0.